The van der Waals surface area contributed by atoms with Gasteiger partial charge in [-0.15, -0.1) is 0 Å². The summed E-state index contributed by atoms with van der Waals surface area (Å²) >= 11 is 2.24. The first kappa shape index (κ1) is 15.7. The summed E-state index contributed by atoms with van der Waals surface area (Å²) in [7, 11) is 0. The van der Waals surface area contributed by atoms with Gasteiger partial charge in [-0.2, -0.15) is 0 Å². The van der Waals surface area contributed by atoms with E-state index in [1.165, 1.54) is 0 Å². The number of halogens is 1. The van der Waals surface area contributed by atoms with E-state index in [0.29, 0.717) is 19.0 Å². The average molecular weight is 418 g/mol. The van der Waals surface area contributed by atoms with Gasteiger partial charge < -0.3 is 9.80 Å². The summed E-state index contributed by atoms with van der Waals surface area (Å²) in [6, 6.07) is 9.60. The van der Waals surface area contributed by atoms with Crippen molar-refractivity contribution < 1.29 is 4.79 Å². The third kappa shape index (κ3) is 4.20. The van der Waals surface area contributed by atoms with Gasteiger partial charge in [0.15, 0.2) is 0 Å². The zero-order valence-corrected chi connectivity index (χ0v) is 14.6. The molecule has 116 valence electrons. The quantitative estimate of drug-likeness (QED) is 0.524. The molecule has 0 spiro atoms. The van der Waals surface area contributed by atoms with Gasteiger partial charge in [-0.3, -0.25) is 4.79 Å². The van der Waals surface area contributed by atoms with Gasteiger partial charge in [0.2, 0.25) is 5.95 Å². The van der Waals surface area contributed by atoms with Crippen molar-refractivity contribution in [2.45, 2.75) is 0 Å². The number of aromatic nitrogens is 2. The van der Waals surface area contributed by atoms with Crippen LogP contribution in [-0.2, 0) is 4.79 Å². The molecule has 1 aliphatic heterocycles. The lowest BCUT2D eigenvalue weighted by molar-refractivity contribution is -0.125. The highest BCUT2D eigenvalue weighted by atomic mass is 127. The Morgan fingerprint density at radius 2 is 1.70 bits per heavy atom. The van der Waals surface area contributed by atoms with Gasteiger partial charge in [0.05, 0.1) is 0 Å². The Bertz CT molecular complexity index is 729. The summed E-state index contributed by atoms with van der Waals surface area (Å²) in [6.45, 7) is 2.72. The normalized spacial score (nSPS) is 14.1. The molecule has 6 heteroatoms. The Balaban J connectivity index is 1.57. The van der Waals surface area contributed by atoms with Crippen molar-refractivity contribution in [3.63, 3.8) is 0 Å². The molecule has 5 nitrogen and oxygen atoms in total. The van der Waals surface area contributed by atoms with Crippen LogP contribution in [0.3, 0.4) is 0 Å². The van der Waals surface area contributed by atoms with Crippen molar-refractivity contribution >= 4 is 34.4 Å². The predicted octanol–water partition coefficient (Wildman–Crippen LogP) is 1.78. The second-order valence-electron chi connectivity index (χ2n) is 5.08. The van der Waals surface area contributed by atoms with Crippen LogP contribution < -0.4 is 4.90 Å². The molecule has 2 heterocycles. The monoisotopic (exact) mass is 418 g/mol. The van der Waals surface area contributed by atoms with Crippen LogP contribution in [0.1, 0.15) is 5.56 Å². The molecule has 0 unspecified atom stereocenters. The van der Waals surface area contributed by atoms with E-state index in [-0.39, 0.29) is 5.91 Å². The smallest absolute Gasteiger partial charge is 0.298 e. The zero-order chi connectivity index (χ0) is 16.1. The second kappa shape index (κ2) is 7.42. The van der Waals surface area contributed by atoms with Crippen LogP contribution >= 0.6 is 22.6 Å². The third-order valence-electron chi connectivity index (χ3n) is 3.56. The first-order chi connectivity index (χ1) is 11.2. The Hall–Kier alpha value is -2.14. The van der Waals surface area contributed by atoms with Crippen molar-refractivity contribution in [2.24, 2.45) is 0 Å². The Morgan fingerprint density at radius 3 is 2.35 bits per heavy atom. The minimum atomic E-state index is -0.128. The van der Waals surface area contributed by atoms with Gasteiger partial charge in [0.25, 0.3) is 5.91 Å². The fourth-order valence-electron chi connectivity index (χ4n) is 2.30. The number of nitrogens with zero attached hydrogens (tertiary/aromatic N) is 4. The number of carbonyl (C=O) groups is 1. The lowest BCUT2D eigenvalue weighted by Crippen LogP contribution is -2.49. The number of amides is 1. The Kier molecular flexibility index (Phi) is 5.08. The standard InChI is InChI=1S/C17H15IN4O/c18-15-5-2-14(3-6-15)4-7-16(23)21-10-12-22(13-11-21)17-19-8-1-9-20-17/h1-3,5-6,8-9H,10-13H2. The van der Waals surface area contributed by atoms with Crippen LogP contribution in [0.4, 0.5) is 5.95 Å². The molecule has 2 aromatic rings. The first-order valence-electron chi connectivity index (χ1n) is 7.31. The van der Waals surface area contributed by atoms with E-state index < -0.39 is 0 Å². The molecule has 0 saturated carbocycles. The fraction of sp³-hybridized carbons (Fsp3) is 0.235. The van der Waals surface area contributed by atoms with Crippen LogP contribution in [0.15, 0.2) is 42.7 Å². The first-order valence-corrected chi connectivity index (χ1v) is 8.39. The molecule has 0 aliphatic carbocycles. The number of anilines is 1. The predicted molar refractivity (Wildman–Crippen MR) is 96.9 cm³/mol. The molecule has 23 heavy (non-hydrogen) atoms. The van der Waals surface area contributed by atoms with Crippen molar-refractivity contribution in [2.75, 3.05) is 31.1 Å². The summed E-state index contributed by atoms with van der Waals surface area (Å²) in [5, 5.41) is 0. The number of piperazine rings is 1. The summed E-state index contributed by atoms with van der Waals surface area (Å²) in [4.78, 5) is 24.5. The fourth-order valence-corrected chi connectivity index (χ4v) is 2.66. The molecule has 1 fully saturated rings. The van der Waals surface area contributed by atoms with Crippen LogP contribution in [0.25, 0.3) is 0 Å². The topological polar surface area (TPSA) is 49.3 Å². The SMILES string of the molecule is O=C(C#Cc1ccc(I)cc1)N1CCN(c2ncccn2)CC1. The summed E-state index contributed by atoms with van der Waals surface area (Å²) < 4.78 is 1.15. The highest BCUT2D eigenvalue weighted by Crippen LogP contribution is 2.10. The van der Waals surface area contributed by atoms with Crippen LogP contribution in [0.5, 0.6) is 0 Å². The molecular weight excluding hydrogens is 403 g/mol. The van der Waals surface area contributed by atoms with Crippen molar-refractivity contribution in [1.29, 1.82) is 0 Å². The van der Waals surface area contributed by atoms with E-state index >= 15 is 0 Å². The van der Waals surface area contributed by atoms with E-state index in [4.69, 9.17) is 0 Å². The molecular formula is C17H15IN4O. The van der Waals surface area contributed by atoms with Crippen LogP contribution in [0.2, 0.25) is 0 Å². The van der Waals surface area contributed by atoms with Crippen LogP contribution in [0, 0.1) is 15.4 Å². The summed E-state index contributed by atoms with van der Waals surface area (Å²) in [6.07, 6.45) is 3.46. The highest BCUT2D eigenvalue weighted by Gasteiger charge is 2.21. The van der Waals surface area contributed by atoms with E-state index in [9.17, 15) is 4.79 Å². The molecule has 0 bridgehead atoms. The Labute approximate surface area is 148 Å². The number of rotatable bonds is 1. The van der Waals surface area contributed by atoms with E-state index in [1.807, 2.05) is 24.3 Å². The molecule has 1 amide bonds. The van der Waals surface area contributed by atoms with E-state index in [0.717, 1.165) is 22.2 Å². The lowest BCUT2D eigenvalue weighted by atomic mass is 10.2. The van der Waals surface area contributed by atoms with Gasteiger partial charge in [0, 0.05) is 53.6 Å². The molecule has 1 aliphatic rings. The molecule has 1 aromatic carbocycles. The summed E-state index contributed by atoms with van der Waals surface area (Å²) in [5.41, 5.74) is 0.857. The molecule has 1 aromatic heterocycles. The maximum Gasteiger partial charge on any atom is 0.298 e. The molecule has 0 radical (unpaired) electrons. The molecule has 1 saturated heterocycles. The van der Waals surface area contributed by atoms with Gasteiger partial charge in [0.1, 0.15) is 0 Å². The van der Waals surface area contributed by atoms with Crippen molar-refractivity contribution in [3.05, 3.63) is 51.9 Å². The van der Waals surface area contributed by atoms with Crippen molar-refractivity contribution in [1.82, 2.24) is 14.9 Å². The molecule has 0 atom stereocenters. The average Bonchev–Trinajstić information content (AvgIpc) is 2.62. The Morgan fingerprint density at radius 1 is 1.04 bits per heavy atom. The zero-order valence-electron chi connectivity index (χ0n) is 12.4. The summed E-state index contributed by atoms with van der Waals surface area (Å²) in [5.74, 6) is 6.24. The van der Waals surface area contributed by atoms with Gasteiger partial charge in [-0.05, 0) is 52.9 Å². The van der Waals surface area contributed by atoms with Crippen LogP contribution in [-0.4, -0.2) is 47.0 Å². The number of hydrogen-bond donors (Lipinski definition) is 0. The van der Waals surface area contributed by atoms with Crippen molar-refractivity contribution in [3.8, 4) is 11.8 Å². The minimum absolute atomic E-state index is 0.128. The van der Waals surface area contributed by atoms with E-state index in [2.05, 4.69) is 49.3 Å². The second-order valence-corrected chi connectivity index (χ2v) is 6.33. The maximum atomic E-state index is 12.2. The minimum Gasteiger partial charge on any atom is -0.337 e. The highest BCUT2D eigenvalue weighted by molar-refractivity contribution is 14.1. The van der Waals surface area contributed by atoms with Gasteiger partial charge in [-0.1, -0.05) is 5.92 Å². The lowest BCUT2D eigenvalue weighted by Gasteiger charge is -2.33. The number of benzene rings is 1. The van der Waals surface area contributed by atoms with Gasteiger partial charge >= 0.3 is 0 Å². The van der Waals surface area contributed by atoms with E-state index in [1.54, 1.807) is 23.4 Å². The number of hydrogen-bond acceptors (Lipinski definition) is 4. The molecule has 3 rings (SSSR count). The maximum absolute atomic E-state index is 12.2. The molecule has 0 N–H and O–H groups in total. The van der Waals surface area contributed by atoms with Gasteiger partial charge in [-0.25, -0.2) is 9.97 Å². The largest absolute Gasteiger partial charge is 0.337 e. The number of carbonyl (C=O) groups excluding carboxylic acids is 1. The third-order valence-corrected chi connectivity index (χ3v) is 4.28.